The van der Waals surface area contributed by atoms with Crippen LogP contribution in [0.3, 0.4) is 0 Å². The minimum atomic E-state index is 0.0332. The summed E-state index contributed by atoms with van der Waals surface area (Å²) in [6.45, 7) is 4.27. The van der Waals surface area contributed by atoms with Crippen molar-refractivity contribution in [3.63, 3.8) is 0 Å². The number of unbranched alkanes of at least 4 members (excludes halogenated alkanes) is 2. The summed E-state index contributed by atoms with van der Waals surface area (Å²) in [5.74, 6) is 2.05. The third-order valence-corrected chi connectivity index (χ3v) is 5.69. The number of hydrogen-bond donors (Lipinski definition) is 0. The van der Waals surface area contributed by atoms with Crippen LogP contribution in [0.15, 0.2) is 0 Å². The number of cyclic esters (lactones) is 1. The second kappa shape index (κ2) is 8.80. The van der Waals surface area contributed by atoms with Gasteiger partial charge in [-0.3, -0.25) is 4.79 Å². The lowest BCUT2D eigenvalue weighted by atomic mass is 9.77. The molecule has 2 atom stereocenters. The van der Waals surface area contributed by atoms with Crippen LogP contribution in [-0.4, -0.2) is 12.1 Å². The van der Waals surface area contributed by atoms with Crippen molar-refractivity contribution in [2.24, 2.45) is 17.8 Å². The molecule has 0 aromatic carbocycles. The monoisotopic (exact) mass is 294 g/mol. The summed E-state index contributed by atoms with van der Waals surface area (Å²) >= 11 is 0. The molecular weight excluding hydrogens is 260 g/mol. The summed E-state index contributed by atoms with van der Waals surface area (Å²) in [6.07, 6.45) is 16.0. The number of esters is 1. The molecule has 1 aliphatic heterocycles. The molecule has 2 aliphatic rings. The molecule has 0 spiro atoms. The minimum absolute atomic E-state index is 0.0332. The van der Waals surface area contributed by atoms with Crippen LogP contribution < -0.4 is 0 Å². The van der Waals surface area contributed by atoms with E-state index in [-0.39, 0.29) is 18.0 Å². The molecule has 0 aromatic heterocycles. The van der Waals surface area contributed by atoms with E-state index in [1.54, 1.807) is 0 Å². The van der Waals surface area contributed by atoms with Crippen molar-refractivity contribution in [1.82, 2.24) is 0 Å². The molecule has 2 heteroatoms. The number of carbonyl (C=O) groups is 1. The summed E-state index contributed by atoms with van der Waals surface area (Å²) < 4.78 is 5.54. The number of carbonyl (C=O) groups excluding carboxylic acids is 1. The van der Waals surface area contributed by atoms with Crippen molar-refractivity contribution < 1.29 is 9.53 Å². The van der Waals surface area contributed by atoms with E-state index in [2.05, 4.69) is 6.92 Å². The third kappa shape index (κ3) is 5.64. The van der Waals surface area contributed by atoms with Crippen LogP contribution in [0.4, 0.5) is 0 Å². The second-order valence-corrected chi connectivity index (χ2v) is 7.50. The maximum atomic E-state index is 11.6. The second-order valence-electron chi connectivity index (χ2n) is 7.50. The Morgan fingerprint density at radius 2 is 1.57 bits per heavy atom. The van der Waals surface area contributed by atoms with Crippen LogP contribution in [0.2, 0.25) is 0 Å². The Morgan fingerprint density at radius 3 is 2.19 bits per heavy atom. The lowest BCUT2D eigenvalue weighted by molar-refractivity contribution is -0.160. The molecule has 0 radical (unpaired) electrons. The lowest BCUT2D eigenvalue weighted by Crippen LogP contribution is -2.30. The molecule has 0 bridgehead atoms. The zero-order valence-electron chi connectivity index (χ0n) is 14.1. The smallest absolute Gasteiger partial charge is 0.308 e. The van der Waals surface area contributed by atoms with Crippen molar-refractivity contribution in [2.45, 2.75) is 97.0 Å². The Labute approximate surface area is 131 Å². The van der Waals surface area contributed by atoms with Gasteiger partial charge in [0.15, 0.2) is 0 Å². The summed E-state index contributed by atoms with van der Waals surface area (Å²) in [4.78, 5) is 11.6. The van der Waals surface area contributed by atoms with Gasteiger partial charge in [0.25, 0.3) is 0 Å². The molecule has 2 unspecified atom stereocenters. The molecule has 2 fully saturated rings. The van der Waals surface area contributed by atoms with E-state index in [0.29, 0.717) is 0 Å². The van der Waals surface area contributed by atoms with Gasteiger partial charge in [-0.15, -0.1) is 0 Å². The number of hydrogen-bond acceptors (Lipinski definition) is 2. The van der Waals surface area contributed by atoms with Gasteiger partial charge in [-0.1, -0.05) is 65.2 Å². The fourth-order valence-corrected chi connectivity index (χ4v) is 4.01. The minimum Gasteiger partial charge on any atom is -0.462 e. The molecule has 1 saturated carbocycles. The van der Waals surface area contributed by atoms with Crippen molar-refractivity contribution in [2.75, 3.05) is 0 Å². The predicted molar refractivity (Wildman–Crippen MR) is 87.1 cm³/mol. The molecule has 1 heterocycles. The van der Waals surface area contributed by atoms with Gasteiger partial charge in [0, 0.05) is 0 Å². The van der Waals surface area contributed by atoms with Gasteiger partial charge in [-0.2, -0.15) is 0 Å². The summed E-state index contributed by atoms with van der Waals surface area (Å²) in [5, 5.41) is 0. The molecule has 1 saturated heterocycles. The van der Waals surface area contributed by atoms with E-state index in [1.807, 2.05) is 6.92 Å². The van der Waals surface area contributed by atoms with E-state index < -0.39 is 0 Å². The molecule has 2 rings (SSSR count). The van der Waals surface area contributed by atoms with Crippen LogP contribution in [-0.2, 0) is 9.53 Å². The summed E-state index contributed by atoms with van der Waals surface area (Å²) in [7, 11) is 0. The largest absolute Gasteiger partial charge is 0.462 e. The van der Waals surface area contributed by atoms with E-state index in [0.717, 1.165) is 31.1 Å². The van der Waals surface area contributed by atoms with Crippen LogP contribution in [0.25, 0.3) is 0 Å². The van der Waals surface area contributed by atoms with Crippen LogP contribution in [0, 0.1) is 17.8 Å². The van der Waals surface area contributed by atoms with Gasteiger partial charge in [0.2, 0.25) is 0 Å². The zero-order valence-corrected chi connectivity index (χ0v) is 14.1. The first-order chi connectivity index (χ1) is 10.2. The van der Waals surface area contributed by atoms with E-state index in [1.165, 1.54) is 57.8 Å². The molecule has 122 valence electrons. The number of rotatable bonds is 7. The normalized spacial score (nSPS) is 33.7. The lowest BCUT2D eigenvalue weighted by Gasteiger charge is -2.31. The Morgan fingerprint density at radius 1 is 0.905 bits per heavy atom. The summed E-state index contributed by atoms with van der Waals surface area (Å²) in [6, 6.07) is 0. The first kappa shape index (κ1) is 16.8. The fraction of sp³-hybridized carbons (Fsp3) is 0.947. The van der Waals surface area contributed by atoms with Gasteiger partial charge < -0.3 is 4.74 Å². The molecular formula is C19H34O2. The molecule has 1 aliphatic carbocycles. The SMILES string of the molecule is CCCCCC1CCC(CCC2CCC(C)C(=O)O2)CC1. The van der Waals surface area contributed by atoms with Crippen molar-refractivity contribution in [3.05, 3.63) is 0 Å². The predicted octanol–water partition coefficient (Wildman–Crippen LogP) is 5.50. The Hall–Kier alpha value is -0.530. The zero-order chi connectivity index (χ0) is 15.1. The van der Waals surface area contributed by atoms with Crippen molar-refractivity contribution in [1.29, 1.82) is 0 Å². The van der Waals surface area contributed by atoms with Crippen LogP contribution >= 0.6 is 0 Å². The van der Waals surface area contributed by atoms with E-state index in [4.69, 9.17) is 4.74 Å². The average molecular weight is 294 g/mol. The van der Waals surface area contributed by atoms with Gasteiger partial charge in [0.1, 0.15) is 6.10 Å². The standard InChI is InChI=1S/C19H34O2/c1-3-4-5-6-16-8-10-17(11-9-16)12-14-18-13-7-15(2)19(20)21-18/h15-18H,3-14H2,1-2H3. The number of ether oxygens (including phenoxy) is 1. The van der Waals surface area contributed by atoms with Crippen molar-refractivity contribution in [3.8, 4) is 0 Å². The van der Waals surface area contributed by atoms with Gasteiger partial charge in [-0.05, 0) is 37.5 Å². The molecule has 21 heavy (non-hydrogen) atoms. The maximum Gasteiger partial charge on any atom is 0.308 e. The highest BCUT2D eigenvalue weighted by Gasteiger charge is 2.28. The highest BCUT2D eigenvalue weighted by Crippen LogP contribution is 2.35. The van der Waals surface area contributed by atoms with Gasteiger partial charge in [-0.25, -0.2) is 0 Å². The first-order valence-corrected chi connectivity index (χ1v) is 9.39. The molecule has 0 aromatic rings. The first-order valence-electron chi connectivity index (χ1n) is 9.39. The Balaban J connectivity index is 1.57. The maximum absolute atomic E-state index is 11.6. The fourth-order valence-electron chi connectivity index (χ4n) is 4.01. The topological polar surface area (TPSA) is 26.3 Å². The molecule has 0 N–H and O–H groups in total. The van der Waals surface area contributed by atoms with Gasteiger partial charge in [0.05, 0.1) is 5.92 Å². The van der Waals surface area contributed by atoms with Gasteiger partial charge >= 0.3 is 5.97 Å². The van der Waals surface area contributed by atoms with E-state index in [9.17, 15) is 4.79 Å². The van der Waals surface area contributed by atoms with Crippen LogP contribution in [0.5, 0.6) is 0 Å². The Kier molecular flexibility index (Phi) is 7.06. The van der Waals surface area contributed by atoms with Crippen molar-refractivity contribution >= 4 is 5.97 Å². The Bertz CT molecular complexity index is 305. The average Bonchev–Trinajstić information content (AvgIpc) is 2.50. The van der Waals surface area contributed by atoms with E-state index >= 15 is 0 Å². The third-order valence-electron chi connectivity index (χ3n) is 5.69. The van der Waals surface area contributed by atoms with Crippen LogP contribution in [0.1, 0.15) is 90.9 Å². The highest BCUT2D eigenvalue weighted by molar-refractivity contribution is 5.72. The summed E-state index contributed by atoms with van der Waals surface area (Å²) in [5.41, 5.74) is 0. The highest BCUT2D eigenvalue weighted by atomic mass is 16.5. The molecule has 2 nitrogen and oxygen atoms in total. The quantitative estimate of drug-likeness (QED) is 0.458. The molecule has 0 amide bonds.